The van der Waals surface area contributed by atoms with E-state index in [1.54, 1.807) is 6.07 Å². The van der Waals surface area contributed by atoms with Gasteiger partial charge in [-0.25, -0.2) is 0 Å². The Bertz CT molecular complexity index is 995. The van der Waals surface area contributed by atoms with Crippen LogP contribution >= 0.6 is 0 Å². The first-order chi connectivity index (χ1) is 16.6. The SMILES string of the molecule is COc1c(Oc2ccc(CCN)cc2)cc(C(=O)N2CC[C@@H]3NCCC[C@@H]3C2)c(OC)c1OC. The first kappa shape index (κ1) is 24.2. The highest BCUT2D eigenvalue weighted by atomic mass is 16.5. The van der Waals surface area contributed by atoms with Crippen molar-refractivity contribution in [3.05, 3.63) is 41.5 Å². The molecular weight excluding hydrogens is 434 g/mol. The van der Waals surface area contributed by atoms with Crippen molar-refractivity contribution in [3.63, 3.8) is 0 Å². The Hall–Kier alpha value is -2.97. The third-order valence-electron chi connectivity index (χ3n) is 6.76. The molecule has 2 aromatic rings. The highest BCUT2D eigenvalue weighted by Crippen LogP contribution is 2.48. The molecule has 2 aliphatic rings. The smallest absolute Gasteiger partial charge is 0.257 e. The molecule has 34 heavy (non-hydrogen) atoms. The predicted octanol–water partition coefficient (Wildman–Crippen LogP) is 3.22. The number of hydrogen-bond acceptors (Lipinski definition) is 7. The molecule has 0 saturated carbocycles. The molecule has 2 fully saturated rings. The number of amides is 1. The maximum Gasteiger partial charge on any atom is 0.257 e. The summed E-state index contributed by atoms with van der Waals surface area (Å²) in [6.07, 6.45) is 4.03. The van der Waals surface area contributed by atoms with E-state index in [2.05, 4.69) is 5.32 Å². The van der Waals surface area contributed by atoms with Gasteiger partial charge in [-0.05, 0) is 62.4 Å². The van der Waals surface area contributed by atoms with Gasteiger partial charge in [-0.2, -0.15) is 0 Å². The Kier molecular flexibility index (Phi) is 7.80. The number of hydrogen-bond donors (Lipinski definition) is 2. The van der Waals surface area contributed by atoms with Crippen molar-refractivity contribution in [3.8, 4) is 28.7 Å². The summed E-state index contributed by atoms with van der Waals surface area (Å²) in [4.78, 5) is 15.6. The Balaban J connectivity index is 1.66. The number of nitrogens with one attached hydrogen (secondary N) is 1. The fourth-order valence-electron chi connectivity index (χ4n) is 5.03. The average Bonchev–Trinajstić information content (AvgIpc) is 2.88. The molecule has 184 valence electrons. The standard InChI is InChI=1S/C26H35N3O5/c1-31-23-20(26(30)29-14-11-21-18(16-29)5-4-13-28-21)15-22(24(32-2)25(23)33-3)34-19-8-6-17(7-9-19)10-12-27/h6-9,15,18,21,28H,4-5,10-14,16,27H2,1-3H3/t18-,21+/m1/s1. The zero-order valence-corrected chi connectivity index (χ0v) is 20.3. The fourth-order valence-corrected chi connectivity index (χ4v) is 5.03. The van der Waals surface area contributed by atoms with Gasteiger partial charge in [0.1, 0.15) is 5.75 Å². The molecular formula is C26H35N3O5. The third kappa shape index (κ3) is 4.93. The number of carbonyl (C=O) groups excluding carboxylic acids is 1. The van der Waals surface area contributed by atoms with E-state index >= 15 is 0 Å². The lowest BCUT2D eigenvalue weighted by Crippen LogP contribution is -2.53. The van der Waals surface area contributed by atoms with Crippen molar-refractivity contribution in [2.24, 2.45) is 11.7 Å². The number of methoxy groups -OCH3 is 3. The molecule has 0 radical (unpaired) electrons. The van der Waals surface area contributed by atoms with E-state index in [0.29, 0.717) is 59.4 Å². The number of nitrogens with two attached hydrogens (primary N) is 1. The van der Waals surface area contributed by atoms with Crippen LogP contribution in [0.25, 0.3) is 0 Å². The topological polar surface area (TPSA) is 95.3 Å². The number of ether oxygens (including phenoxy) is 4. The molecule has 2 heterocycles. The molecule has 8 heteroatoms. The van der Waals surface area contributed by atoms with Crippen LogP contribution in [0.1, 0.15) is 35.2 Å². The maximum absolute atomic E-state index is 13.7. The fraction of sp³-hybridized carbons (Fsp3) is 0.500. The predicted molar refractivity (Wildman–Crippen MR) is 130 cm³/mol. The van der Waals surface area contributed by atoms with Crippen LogP contribution in [0.5, 0.6) is 28.7 Å². The van der Waals surface area contributed by atoms with E-state index in [1.807, 2.05) is 29.2 Å². The van der Waals surface area contributed by atoms with Crippen molar-refractivity contribution < 1.29 is 23.7 Å². The monoisotopic (exact) mass is 469 g/mol. The summed E-state index contributed by atoms with van der Waals surface area (Å²) in [5, 5.41) is 3.60. The minimum atomic E-state index is -0.0926. The van der Waals surface area contributed by atoms with Gasteiger partial charge >= 0.3 is 0 Å². The van der Waals surface area contributed by atoms with Crippen LogP contribution in [-0.4, -0.2) is 64.4 Å². The van der Waals surface area contributed by atoms with Crippen molar-refractivity contribution in [2.75, 3.05) is 47.5 Å². The van der Waals surface area contributed by atoms with Crippen molar-refractivity contribution in [2.45, 2.75) is 31.7 Å². The van der Waals surface area contributed by atoms with Crippen molar-refractivity contribution in [1.29, 1.82) is 0 Å². The molecule has 8 nitrogen and oxygen atoms in total. The van der Waals surface area contributed by atoms with Gasteiger partial charge in [0.15, 0.2) is 11.5 Å². The van der Waals surface area contributed by atoms with Gasteiger partial charge in [0, 0.05) is 25.2 Å². The van der Waals surface area contributed by atoms with Gasteiger partial charge in [0.25, 0.3) is 5.91 Å². The lowest BCUT2D eigenvalue weighted by molar-refractivity contribution is 0.0588. The highest BCUT2D eigenvalue weighted by molar-refractivity contribution is 5.99. The quantitative estimate of drug-likeness (QED) is 0.613. The number of carbonyl (C=O) groups is 1. The van der Waals surface area contributed by atoms with Crippen LogP contribution < -0.4 is 30.0 Å². The third-order valence-corrected chi connectivity index (χ3v) is 6.76. The largest absolute Gasteiger partial charge is 0.492 e. The number of piperidine rings is 2. The van der Waals surface area contributed by atoms with Gasteiger partial charge in [-0.3, -0.25) is 4.79 Å². The summed E-state index contributed by atoms with van der Waals surface area (Å²) < 4.78 is 23.1. The highest BCUT2D eigenvalue weighted by Gasteiger charge is 2.35. The molecule has 2 saturated heterocycles. The summed E-state index contributed by atoms with van der Waals surface area (Å²) in [7, 11) is 4.60. The van der Waals surface area contributed by atoms with Crippen LogP contribution in [0.3, 0.4) is 0 Å². The van der Waals surface area contributed by atoms with E-state index < -0.39 is 0 Å². The second-order valence-electron chi connectivity index (χ2n) is 8.81. The molecule has 0 aromatic heterocycles. The minimum absolute atomic E-state index is 0.0926. The Morgan fingerprint density at radius 3 is 2.47 bits per heavy atom. The number of rotatable bonds is 8. The summed E-state index contributed by atoms with van der Waals surface area (Å²) in [6.45, 7) is 3.08. The molecule has 2 aromatic carbocycles. The second-order valence-corrected chi connectivity index (χ2v) is 8.81. The minimum Gasteiger partial charge on any atom is -0.492 e. The molecule has 3 N–H and O–H groups in total. The van der Waals surface area contributed by atoms with Crippen LogP contribution in [0.4, 0.5) is 0 Å². The van der Waals surface area contributed by atoms with Crippen molar-refractivity contribution in [1.82, 2.24) is 10.2 Å². The molecule has 4 rings (SSSR count). The summed E-state index contributed by atoms with van der Waals surface area (Å²) >= 11 is 0. The van der Waals surface area contributed by atoms with Crippen molar-refractivity contribution >= 4 is 5.91 Å². The maximum atomic E-state index is 13.7. The van der Waals surface area contributed by atoms with E-state index in [1.165, 1.54) is 21.3 Å². The zero-order chi connectivity index (χ0) is 24.1. The Morgan fingerprint density at radius 1 is 1.06 bits per heavy atom. The lowest BCUT2D eigenvalue weighted by atomic mass is 9.85. The van der Waals surface area contributed by atoms with Crippen LogP contribution in [0, 0.1) is 5.92 Å². The van der Waals surface area contributed by atoms with Gasteiger partial charge < -0.3 is 34.9 Å². The Labute approximate surface area is 201 Å². The second kappa shape index (κ2) is 11.0. The summed E-state index contributed by atoms with van der Waals surface area (Å²) in [6, 6.07) is 9.90. The number of likely N-dealkylation sites (tertiary alicyclic amines) is 1. The molecule has 0 bridgehead atoms. The lowest BCUT2D eigenvalue weighted by Gasteiger charge is -2.41. The molecule has 2 atom stereocenters. The normalized spacial score (nSPS) is 19.8. The first-order valence-electron chi connectivity index (χ1n) is 11.9. The molecule has 0 aliphatic carbocycles. The van der Waals surface area contributed by atoms with Gasteiger partial charge in [0.05, 0.1) is 26.9 Å². The van der Waals surface area contributed by atoms with Crippen LogP contribution in [-0.2, 0) is 6.42 Å². The van der Waals surface area contributed by atoms with E-state index in [4.69, 9.17) is 24.7 Å². The number of nitrogens with zero attached hydrogens (tertiary/aromatic N) is 1. The number of fused-ring (bicyclic) bond motifs is 1. The van der Waals surface area contributed by atoms with Crippen LogP contribution in [0.2, 0.25) is 0 Å². The van der Waals surface area contributed by atoms with Gasteiger partial charge in [0.2, 0.25) is 11.5 Å². The molecule has 1 amide bonds. The summed E-state index contributed by atoms with van der Waals surface area (Å²) in [5.41, 5.74) is 7.18. The van der Waals surface area contributed by atoms with E-state index in [9.17, 15) is 4.79 Å². The zero-order valence-electron chi connectivity index (χ0n) is 20.3. The molecule has 2 aliphatic heterocycles. The molecule has 0 unspecified atom stereocenters. The van der Waals surface area contributed by atoms with E-state index in [0.717, 1.165) is 44.3 Å². The molecule has 0 spiro atoms. The van der Waals surface area contributed by atoms with E-state index in [-0.39, 0.29) is 5.91 Å². The average molecular weight is 470 g/mol. The first-order valence-corrected chi connectivity index (χ1v) is 11.9. The summed E-state index contributed by atoms with van der Waals surface area (Å²) in [5.74, 6) is 2.45. The van der Waals surface area contributed by atoms with Crippen LogP contribution in [0.15, 0.2) is 30.3 Å². The number of benzene rings is 2. The van der Waals surface area contributed by atoms with Gasteiger partial charge in [-0.15, -0.1) is 0 Å². The Morgan fingerprint density at radius 2 is 1.79 bits per heavy atom. The van der Waals surface area contributed by atoms with Gasteiger partial charge in [-0.1, -0.05) is 12.1 Å².